The summed E-state index contributed by atoms with van der Waals surface area (Å²) >= 11 is 1.36. The van der Waals surface area contributed by atoms with Crippen LogP contribution in [-0.2, 0) is 16.1 Å². The lowest BCUT2D eigenvalue weighted by Gasteiger charge is -2.18. The fourth-order valence-corrected chi connectivity index (χ4v) is 2.42. The van der Waals surface area contributed by atoms with Gasteiger partial charge in [0.1, 0.15) is 0 Å². The van der Waals surface area contributed by atoms with E-state index in [4.69, 9.17) is 5.11 Å². The van der Waals surface area contributed by atoms with E-state index in [1.54, 1.807) is 11.9 Å². The molecule has 1 N–H and O–H groups in total. The van der Waals surface area contributed by atoms with Gasteiger partial charge in [-0.2, -0.15) is 11.8 Å². The van der Waals surface area contributed by atoms with Crippen molar-refractivity contribution >= 4 is 23.6 Å². The summed E-state index contributed by atoms with van der Waals surface area (Å²) in [7, 11) is 1.77. The highest BCUT2D eigenvalue weighted by molar-refractivity contribution is 7.99. The van der Waals surface area contributed by atoms with Crippen molar-refractivity contribution in [3.63, 3.8) is 0 Å². The molecule has 0 aromatic heterocycles. The van der Waals surface area contributed by atoms with E-state index >= 15 is 0 Å². The summed E-state index contributed by atoms with van der Waals surface area (Å²) in [5, 5.41) is 8.50. The van der Waals surface area contributed by atoms with E-state index < -0.39 is 5.97 Å². The van der Waals surface area contributed by atoms with Crippen molar-refractivity contribution in [2.75, 3.05) is 18.6 Å². The molecule has 0 aliphatic carbocycles. The van der Waals surface area contributed by atoms with Crippen LogP contribution in [0, 0.1) is 6.92 Å². The van der Waals surface area contributed by atoms with Crippen LogP contribution in [0.15, 0.2) is 24.3 Å². The van der Waals surface area contributed by atoms with Gasteiger partial charge in [-0.25, -0.2) is 0 Å². The number of benzene rings is 1. The topological polar surface area (TPSA) is 57.6 Å². The van der Waals surface area contributed by atoms with Crippen molar-refractivity contribution in [2.45, 2.75) is 19.9 Å². The van der Waals surface area contributed by atoms with Gasteiger partial charge in [0, 0.05) is 19.3 Å². The predicted molar refractivity (Wildman–Crippen MR) is 77.2 cm³/mol. The van der Waals surface area contributed by atoms with E-state index in [0.717, 1.165) is 5.56 Å². The van der Waals surface area contributed by atoms with Crippen molar-refractivity contribution < 1.29 is 14.7 Å². The number of amides is 1. The van der Waals surface area contributed by atoms with Crippen LogP contribution in [0.5, 0.6) is 0 Å². The van der Waals surface area contributed by atoms with E-state index in [0.29, 0.717) is 18.1 Å². The van der Waals surface area contributed by atoms with Gasteiger partial charge in [-0.05, 0) is 18.1 Å². The smallest absolute Gasteiger partial charge is 0.304 e. The molecule has 104 valence electrons. The zero-order valence-corrected chi connectivity index (χ0v) is 12.1. The standard InChI is InChI=1S/C14H19NO3S/c1-11-5-3-4-6-12(11)9-15(2)13(16)10-19-8-7-14(17)18/h3-6H,7-10H2,1-2H3,(H,17,18). The molecule has 1 aromatic carbocycles. The van der Waals surface area contributed by atoms with Gasteiger partial charge in [0.05, 0.1) is 12.2 Å². The summed E-state index contributed by atoms with van der Waals surface area (Å²) in [5.41, 5.74) is 2.30. The lowest BCUT2D eigenvalue weighted by Crippen LogP contribution is -2.28. The molecule has 0 heterocycles. The summed E-state index contributed by atoms with van der Waals surface area (Å²) in [4.78, 5) is 23.9. The van der Waals surface area contributed by atoms with Crippen molar-refractivity contribution in [3.8, 4) is 0 Å². The van der Waals surface area contributed by atoms with Gasteiger partial charge in [-0.15, -0.1) is 0 Å². The molecule has 0 atom stereocenters. The fourth-order valence-electron chi connectivity index (χ4n) is 1.56. The molecule has 1 aromatic rings. The second kappa shape index (κ2) is 7.84. The van der Waals surface area contributed by atoms with Gasteiger partial charge in [0.25, 0.3) is 0 Å². The SMILES string of the molecule is Cc1ccccc1CN(C)C(=O)CSCCC(=O)O. The Balaban J connectivity index is 2.37. The number of thioether (sulfide) groups is 1. The second-order valence-electron chi connectivity index (χ2n) is 4.37. The average Bonchev–Trinajstić information content (AvgIpc) is 2.36. The minimum atomic E-state index is -0.826. The Labute approximate surface area is 117 Å². The number of aliphatic carboxylic acids is 1. The third kappa shape index (κ3) is 5.79. The minimum absolute atomic E-state index is 0.0265. The normalized spacial score (nSPS) is 10.2. The molecule has 4 nitrogen and oxygen atoms in total. The monoisotopic (exact) mass is 281 g/mol. The number of hydrogen-bond acceptors (Lipinski definition) is 3. The lowest BCUT2D eigenvalue weighted by atomic mass is 10.1. The summed E-state index contributed by atoms with van der Waals surface area (Å²) in [6.07, 6.45) is 0.0967. The molecule has 0 unspecified atom stereocenters. The number of hydrogen-bond donors (Lipinski definition) is 1. The van der Waals surface area contributed by atoms with Crippen LogP contribution >= 0.6 is 11.8 Å². The Kier molecular flexibility index (Phi) is 6.42. The molecule has 0 fully saturated rings. The van der Waals surface area contributed by atoms with Crippen LogP contribution in [0.4, 0.5) is 0 Å². The molecule has 19 heavy (non-hydrogen) atoms. The molecule has 0 saturated carbocycles. The van der Waals surface area contributed by atoms with Gasteiger partial charge < -0.3 is 10.0 Å². The zero-order chi connectivity index (χ0) is 14.3. The number of carbonyl (C=O) groups is 2. The van der Waals surface area contributed by atoms with Gasteiger partial charge in [0.15, 0.2) is 0 Å². The highest BCUT2D eigenvalue weighted by Gasteiger charge is 2.10. The molecule has 0 saturated heterocycles. The average molecular weight is 281 g/mol. The molecule has 5 heteroatoms. The van der Waals surface area contributed by atoms with E-state index in [1.807, 2.05) is 31.2 Å². The number of carboxylic acids is 1. The second-order valence-corrected chi connectivity index (χ2v) is 5.48. The van der Waals surface area contributed by atoms with Crippen LogP contribution in [0.25, 0.3) is 0 Å². The van der Waals surface area contributed by atoms with Crippen LogP contribution < -0.4 is 0 Å². The number of nitrogens with zero attached hydrogens (tertiary/aromatic N) is 1. The first kappa shape index (κ1) is 15.6. The highest BCUT2D eigenvalue weighted by Crippen LogP contribution is 2.11. The third-order valence-corrected chi connectivity index (χ3v) is 3.72. The largest absolute Gasteiger partial charge is 0.481 e. The summed E-state index contributed by atoms with van der Waals surface area (Å²) in [6, 6.07) is 7.97. The molecule has 0 aliphatic heterocycles. The molecular weight excluding hydrogens is 262 g/mol. The predicted octanol–water partition coefficient (Wildman–Crippen LogP) is 2.16. The van der Waals surface area contributed by atoms with Crippen LogP contribution in [-0.4, -0.2) is 40.4 Å². The van der Waals surface area contributed by atoms with Crippen molar-refractivity contribution in [2.24, 2.45) is 0 Å². The fraction of sp³-hybridized carbons (Fsp3) is 0.429. The van der Waals surface area contributed by atoms with E-state index in [-0.39, 0.29) is 12.3 Å². The molecule has 1 amide bonds. The van der Waals surface area contributed by atoms with Crippen LogP contribution in [0.2, 0.25) is 0 Å². The highest BCUT2D eigenvalue weighted by atomic mass is 32.2. The lowest BCUT2D eigenvalue weighted by molar-refractivity contribution is -0.136. The molecule has 0 bridgehead atoms. The third-order valence-electron chi connectivity index (χ3n) is 2.78. The Bertz CT molecular complexity index is 448. The first-order chi connectivity index (χ1) is 9.00. The number of rotatable bonds is 7. The van der Waals surface area contributed by atoms with E-state index in [9.17, 15) is 9.59 Å². The van der Waals surface area contributed by atoms with Crippen LogP contribution in [0.3, 0.4) is 0 Å². The quantitative estimate of drug-likeness (QED) is 0.778. The molecular formula is C14H19NO3S. The Morgan fingerprint density at radius 3 is 2.63 bits per heavy atom. The molecule has 0 aliphatic rings. The summed E-state index contributed by atoms with van der Waals surface area (Å²) < 4.78 is 0. The summed E-state index contributed by atoms with van der Waals surface area (Å²) in [5.74, 6) is 0.00133. The minimum Gasteiger partial charge on any atom is -0.481 e. The first-order valence-electron chi connectivity index (χ1n) is 6.08. The van der Waals surface area contributed by atoms with Crippen molar-refractivity contribution in [1.29, 1.82) is 0 Å². The maximum atomic E-state index is 11.9. The molecule has 0 radical (unpaired) electrons. The van der Waals surface area contributed by atoms with Crippen molar-refractivity contribution in [1.82, 2.24) is 4.90 Å². The molecule has 1 rings (SSSR count). The van der Waals surface area contributed by atoms with Gasteiger partial charge in [0.2, 0.25) is 5.91 Å². The molecule has 0 spiro atoms. The zero-order valence-electron chi connectivity index (χ0n) is 11.3. The Hall–Kier alpha value is -1.49. The maximum absolute atomic E-state index is 11.9. The van der Waals surface area contributed by atoms with Gasteiger partial charge >= 0.3 is 5.97 Å². The number of carbonyl (C=O) groups excluding carboxylic acids is 1. The summed E-state index contributed by atoms with van der Waals surface area (Å²) in [6.45, 7) is 2.61. The first-order valence-corrected chi connectivity index (χ1v) is 7.24. The van der Waals surface area contributed by atoms with Gasteiger partial charge in [-0.3, -0.25) is 9.59 Å². The van der Waals surface area contributed by atoms with E-state index in [2.05, 4.69) is 0 Å². The van der Waals surface area contributed by atoms with E-state index in [1.165, 1.54) is 17.3 Å². The Morgan fingerprint density at radius 2 is 2.00 bits per heavy atom. The van der Waals surface area contributed by atoms with Crippen molar-refractivity contribution in [3.05, 3.63) is 35.4 Å². The Morgan fingerprint density at radius 1 is 1.32 bits per heavy atom. The number of aryl methyl sites for hydroxylation is 1. The van der Waals surface area contributed by atoms with Crippen LogP contribution in [0.1, 0.15) is 17.5 Å². The van der Waals surface area contributed by atoms with Gasteiger partial charge in [-0.1, -0.05) is 24.3 Å². The maximum Gasteiger partial charge on any atom is 0.304 e. The number of carboxylic acid groups (broad SMARTS) is 1.